The van der Waals surface area contributed by atoms with Gasteiger partial charge in [-0.2, -0.15) is 5.10 Å². The van der Waals surface area contributed by atoms with Crippen LogP contribution < -0.4 is 10.1 Å². The number of carbonyl (C=O) groups excluding carboxylic acids is 2. The standard InChI is InChI=1S/C24H26N4O4/c1-27(14-17-4-3-5-22(12-17)31-2)24(30)18-6-8-21(9-7-18)28-15-20(13-25-28)26-23(29)19-10-11-32-16-19/h3-9,12-13,15,19H,10-11,14,16H2,1-2H3,(H,26,29)/t19-/m0/s1. The number of anilines is 1. The summed E-state index contributed by atoms with van der Waals surface area (Å²) in [7, 11) is 3.39. The van der Waals surface area contributed by atoms with Gasteiger partial charge in [-0.25, -0.2) is 4.68 Å². The number of carbonyl (C=O) groups is 2. The Morgan fingerprint density at radius 2 is 2.06 bits per heavy atom. The fourth-order valence-electron chi connectivity index (χ4n) is 3.61. The van der Waals surface area contributed by atoms with Crippen molar-refractivity contribution in [2.24, 2.45) is 5.92 Å². The van der Waals surface area contributed by atoms with E-state index in [4.69, 9.17) is 9.47 Å². The predicted octanol–water partition coefficient (Wildman–Crippen LogP) is 3.13. The van der Waals surface area contributed by atoms with Crippen LogP contribution in [0.2, 0.25) is 0 Å². The zero-order valence-electron chi connectivity index (χ0n) is 18.2. The van der Waals surface area contributed by atoms with Gasteiger partial charge in [0, 0.05) is 25.8 Å². The first-order valence-electron chi connectivity index (χ1n) is 10.5. The summed E-state index contributed by atoms with van der Waals surface area (Å²) in [5.41, 5.74) is 3.00. The number of aromatic nitrogens is 2. The maximum atomic E-state index is 12.8. The number of hydrogen-bond acceptors (Lipinski definition) is 5. The Morgan fingerprint density at radius 3 is 2.78 bits per heavy atom. The molecule has 1 saturated heterocycles. The first-order valence-corrected chi connectivity index (χ1v) is 10.5. The van der Waals surface area contributed by atoms with E-state index in [9.17, 15) is 9.59 Å². The van der Waals surface area contributed by atoms with Crippen molar-refractivity contribution in [3.05, 3.63) is 72.1 Å². The third kappa shape index (κ3) is 4.97. The maximum absolute atomic E-state index is 12.8. The van der Waals surface area contributed by atoms with E-state index in [-0.39, 0.29) is 17.7 Å². The molecule has 2 aromatic carbocycles. The number of nitrogens with one attached hydrogen (secondary N) is 1. The molecule has 1 aliphatic heterocycles. The van der Waals surface area contributed by atoms with Crippen molar-refractivity contribution in [1.29, 1.82) is 0 Å². The molecular weight excluding hydrogens is 408 g/mol. The Balaban J connectivity index is 1.38. The summed E-state index contributed by atoms with van der Waals surface area (Å²) in [6.45, 7) is 1.56. The molecule has 0 saturated carbocycles. The van der Waals surface area contributed by atoms with Crippen molar-refractivity contribution in [3.8, 4) is 11.4 Å². The van der Waals surface area contributed by atoms with Gasteiger partial charge in [0.15, 0.2) is 0 Å². The Morgan fingerprint density at radius 1 is 1.25 bits per heavy atom. The Bertz CT molecular complexity index is 1090. The molecule has 3 aromatic rings. The smallest absolute Gasteiger partial charge is 0.253 e. The molecule has 4 rings (SSSR count). The zero-order chi connectivity index (χ0) is 22.5. The SMILES string of the molecule is COc1cccc(CN(C)C(=O)c2ccc(-n3cc(NC(=O)[C@H]4CCOC4)cn3)cc2)c1. The second-order valence-corrected chi connectivity index (χ2v) is 7.78. The molecule has 0 bridgehead atoms. The first kappa shape index (κ1) is 21.6. The minimum Gasteiger partial charge on any atom is -0.497 e. The van der Waals surface area contributed by atoms with E-state index in [0.717, 1.165) is 23.4 Å². The highest BCUT2D eigenvalue weighted by molar-refractivity contribution is 5.94. The van der Waals surface area contributed by atoms with Gasteiger partial charge in [-0.3, -0.25) is 9.59 Å². The van der Waals surface area contributed by atoms with Gasteiger partial charge < -0.3 is 19.7 Å². The van der Waals surface area contributed by atoms with Gasteiger partial charge in [-0.15, -0.1) is 0 Å². The van der Waals surface area contributed by atoms with Crippen molar-refractivity contribution < 1.29 is 19.1 Å². The van der Waals surface area contributed by atoms with Crippen molar-refractivity contribution in [2.45, 2.75) is 13.0 Å². The summed E-state index contributed by atoms with van der Waals surface area (Å²) >= 11 is 0. The number of methoxy groups -OCH3 is 1. The van der Waals surface area contributed by atoms with E-state index < -0.39 is 0 Å². The minimum atomic E-state index is -0.113. The summed E-state index contributed by atoms with van der Waals surface area (Å²) in [5.74, 6) is 0.519. The van der Waals surface area contributed by atoms with Crippen molar-refractivity contribution in [2.75, 3.05) is 32.7 Å². The summed E-state index contributed by atoms with van der Waals surface area (Å²) < 4.78 is 12.2. The lowest BCUT2D eigenvalue weighted by Gasteiger charge is -2.18. The normalized spacial score (nSPS) is 15.4. The Labute approximate surface area is 186 Å². The lowest BCUT2D eigenvalue weighted by atomic mass is 10.1. The lowest BCUT2D eigenvalue weighted by molar-refractivity contribution is -0.119. The van der Waals surface area contributed by atoms with Crippen LogP contribution in [0, 0.1) is 5.92 Å². The fraction of sp³-hybridized carbons (Fsp3) is 0.292. The topological polar surface area (TPSA) is 85.7 Å². The highest BCUT2D eigenvalue weighted by atomic mass is 16.5. The van der Waals surface area contributed by atoms with Gasteiger partial charge >= 0.3 is 0 Å². The summed E-state index contributed by atoms with van der Waals surface area (Å²) in [4.78, 5) is 26.7. The number of rotatable bonds is 7. The molecule has 0 aliphatic carbocycles. The van der Waals surface area contributed by atoms with Crippen LogP contribution in [0.3, 0.4) is 0 Å². The third-order valence-electron chi connectivity index (χ3n) is 5.43. The Kier molecular flexibility index (Phi) is 6.51. The summed E-state index contributed by atoms with van der Waals surface area (Å²) in [5, 5.41) is 7.19. The minimum absolute atomic E-state index is 0.0536. The van der Waals surface area contributed by atoms with Gasteiger partial charge in [-0.05, 0) is 48.4 Å². The van der Waals surface area contributed by atoms with Crippen LogP contribution >= 0.6 is 0 Å². The van der Waals surface area contributed by atoms with E-state index in [2.05, 4.69) is 10.4 Å². The highest BCUT2D eigenvalue weighted by Gasteiger charge is 2.23. The van der Waals surface area contributed by atoms with Gasteiger partial charge in [0.2, 0.25) is 5.91 Å². The average Bonchev–Trinajstić information content (AvgIpc) is 3.51. The highest BCUT2D eigenvalue weighted by Crippen LogP contribution is 2.18. The average molecular weight is 434 g/mol. The van der Waals surface area contributed by atoms with Crippen LogP contribution in [0.5, 0.6) is 5.75 Å². The van der Waals surface area contributed by atoms with Crippen LogP contribution in [-0.2, 0) is 16.1 Å². The number of ether oxygens (including phenoxy) is 2. The molecule has 1 aliphatic rings. The van der Waals surface area contributed by atoms with Gasteiger partial charge in [0.25, 0.3) is 5.91 Å². The maximum Gasteiger partial charge on any atom is 0.253 e. The van der Waals surface area contributed by atoms with Crippen LogP contribution in [0.25, 0.3) is 5.69 Å². The fourth-order valence-corrected chi connectivity index (χ4v) is 3.61. The zero-order valence-corrected chi connectivity index (χ0v) is 18.2. The first-order chi connectivity index (χ1) is 15.5. The van der Waals surface area contributed by atoms with E-state index in [1.165, 1.54) is 0 Å². The Hall–Kier alpha value is -3.65. The number of benzene rings is 2. The largest absolute Gasteiger partial charge is 0.497 e. The van der Waals surface area contributed by atoms with Gasteiger partial charge in [0.1, 0.15) is 5.75 Å². The molecule has 8 heteroatoms. The number of amides is 2. The molecule has 166 valence electrons. The number of nitrogens with zero attached hydrogens (tertiary/aromatic N) is 3. The van der Waals surface area contributed by atoms with E-state index >= 15 is 0 Å². The molecular formula is C24H26N4O4. The second-order valence-electron chi connectivity index (χ2n) is 7.78. The van der Waals surface area contributed by atoms with Crippen molar-refractivity contribution in [1.82, 2.24) is 14.7 Å². The van der Waals surface area contributed by atoms with E-state index in [1.54, 1.807) is 48.3 Å². The van der Waals surface area contributed by atoms with E-state index in [1.807, 2.05) is 36.4 Å². The van der Waals surface area contributed by atoms with Crippen molar-refractivity contribution in [3.63, 3.8) is 0 Å². The molecule has 0 spiro atoms. The summed E-state index contributed by atoms with van der Waals surface area (Å²) in [6.07, 6.45) is 4.09. The molecule has 1 aromatic heterocycles. The molecule has 2 amide bonds. The quantitative estimate of drug-likeness (QED) is 0.618. The van der Waals surface area contributed by atoms with Crippen molar-refractivity contribution >= 4 is 17.5 Å². The van der Waals surface area contributed by atoms with Gasteiger partial charge in [-0.1, -0.05) is 12.1 Å². The molecule has 8 nitrogen and oxygen atoms in total. The molecule has 1 atom stereocenters. The predicted molar refractivity (Wildman–Crippen MR) is 120 cm³/mol. The third-order valence-corrected chi connectivity index (χ3v) is 5.43. The second kappa shape index (κ2) is 9.65. The lowest BCUT2D eigenvalue weighted by Crippen LogP contribution is -2.26. The van der Waals surface area contributed by atoms with Crippen LogP contribution in [0.4, 0.5) is 5.69 Å². The molecule has 0 unspecified atom stereocenters. The monoisotopic (exact) mass is 434 g/mol. The van der Waals surface area contributed by atoms with Gasteiger partial charge in [0.05, 0.1) is 43.4 Å². The summed E-state index contributed by atoms with van der Waals surface area (Å²) in [6, 6.07) is 14.9. The van der Waals surface area contributed by atoms with Crippen LogP contribution in [0.1, 0.15) is 22.3 Å². The molecule has 1 N–H and O–H groups in total. The molecule has 1 fully saturated rings. The number of hydrogen-bond donors (Lipinski definition) is 1. The van der Waals surface area contributed by atoms with Crippen LogP contribution in [0.15, 0.2) is 60.9 Å². The van der Waals surface area contributed by atoms with E-state index in [0.29, 0.717) is 31.0 Å². The molecule has 0 radical (unpaired) electrons. The van der Waals surface area contributed by atoms with Crippen LogP contribution in [-0.4, -0.2) is 53.9 Å². The molecule has 2 heterocycles. The molecule has 32 heavy (non-hydrogen) atoms.